The van der Waals surface area contributed by atoms with Crippen LogP contribution in [0.2, 0.25) is 0 Å². The Bertz CT molecular complexity index is 804. The van der Waals surface area contributed by atoms with Crippen LogP contribution in [0.3, 0.4) is 0 Å². The molecule has 0 bridgehead atoms. The van der Waals surface area contributed by atoms with Gasteiger partial charge in [-0.2, -0.15) is 0 Å². The lowest BCUT2D eigenvalue weighted by Crippen LogP contribution is -2.28. The Kier molecular flexibility index (Phi) is 5.30. The first-order valence-electron chi connectivity index (χ1n) is 8.74. The molecule has 1 aliphatic rings. The number of methoxy groups -OCH3 is 1. The van der Waals surface area contributed by atoms with Crippen LogP contribution in [0.4, 0.5) is 0 Å². The Labute approximate surface area is 153 Å². The fourth-order valence-corrected chi connectivity index (χ4v) is 3.08. The Balaban J connectivity index is 1.49. The van der Waals surface area contributed by atoms with Gasteiger partial charge in [0.05, 0.1) is 12.7 Å². The molecule has 1 heterocycles. The molecule has 26 heavy (non-hydrogen) atoms. The maximum absolute atomic E-state index is 12.3. The van der Waals surface area contributed by atoms with Crippen molar-refractivity contribution in [3.63, 3.8) is 0 Å². The number of carbonyl (C=O) groups excluding carboxylic acids is 2. The van der Waals surface area contributed by atoms with Crippen molar-refractivity contribution in [2.45, 2.75) is 39.3 Å². The summed E-state index contributed by atoms with van der Waals surface area (Å²) < 4.78 is 12.5. The number of carbonyl (C=O) groups is 2. The zero-order chi connectivity index (χ0) is 18.7. The van der Waals surface area contributed by atoms with Gasteiger partial charge in [0.1, 0.15) is 5.75 Å². The lowest BCUT2D eigenvalue weighted by atomic mass is 10.2. The van der Waals surface area contributed by atoms with Crippen molar-refractivity contribution in [1.82, 2.24) is 9.88 Å². The summed E-state index contributed by atoms with van der Waals surface area (Å²) in [6.45, 7) is 3.99. The standard InChI is InChI=1S/C20H24N2O4/c1-13-10-18(14(2)22(13)16-6-7-16)20(24)26-12-19(23)21-11-15-4-8-17(25-3)9-5-15/h4-5,8-10,16H,6-7,11-12H2,1-3H3,(H,21,23). The smallest absolute Gasteiger partial charge is 0.340 e. The van der Waals surface area contributed by atoms with Crippen molar-refractivity contribution in [2.24, 2.45) is 0 Å². The number of hydrogen-bond acceptors (Lipinski definition) is 4. The number of nitrogens with zero attached hydrogens (tertiary/aromatic N) is 1. The van der Waals surface area contributed by atoms with Gasteiger partial charge in [0.15, 0.2) is 6.61 Å². The number of ether oxygens (including phenoxy) is 2. The van der Waals surface area contributed by atoms with Crippen LogP contribution in [-0.2, 0) is 16.1 Å². The summed E-state index contributed by atoms with van der Waals surface area (Å²) >= 11 is 0. The van der Waals surface area contributed by atoms with E-state index < -0.39 is 5.97 Å². The molecule has 1 aliphatic carbocycles. The van der Waals surface area contributed by atoms with Crippen molar-refractivity contribution in [1.29, 1.82) is 0 Å². The number of esters is 1. The van der Waals surface area contributed by atoms with Gasteiger partial charge in [0, 0.05) is 24.0 Å². The third kappa shape index (κ3) is 4.07. The Morgan fingerprint density at radius 2 is 1.88 bits per heavy atom. The molecule has 6 nitrogen and oxygen atoms in total. The minimum atomic E-state index is -0.454. The molecule has 0 unspecified atom stereocenters. The predicted molar refractivity (Wildman–Crippen MR) is 97.3 cm³/mol. The summed E-state index contributed by atoms with van der Waals surface area (Å²) in [4.78, 5) is 24.2. The molecule has 1 aromatic heterocycles. The molecule has 1 aromatic carbocycles. The monoisotopic (exact) mass is 356 g/mol. The van der Waals surface area contributed by atoms with E-state index in [1.807, 2.05) is 44.2 Å². The molecule has 0 spiro atoms. The Morgan fingerprint density at radius 1 is 1.19 bits per heavy atom. The third-order valence-corrected chi connectivity index (χ3v) is 4.60. The first-order valence-corrected chi connectivity index (χ1v) is 8.74. The molecule has 1 saturated carbocycles. The summed E-state index contributed by atoms with van der Waals surface area (Å²) in [5, 5.41) is 2.74. The molecule has 0 radical (unpaired) electrons. The van der Waals surface area contributed by atoms with E-state index in [4.69, 9.17) is 9.47 Å². The minimum absolute atomic E-state index is 0.290. The van der Waals surface area contributed by atoms with Crippen molar-refractivity contribution in [2.75, 3.05) is 13.7 Å². The van der Waals surface area contributed by atoms with Gasteiger partial charge in [-0.25, -0.2) is 4.79 Å². The van der Waals surface area contributed by atoms with Crippen molar-refractivity contribution in [3.05, 3.63) is 52.8 Å². The lowest BCUT2D eigenvalue weighted by Gasteiger charge is -2.09. The fourth-order valence-electron chi connectivity index (χ4n) is 3.08. The fraction of sp³-hybridized carbons (Fsp3) is 0.400. The molecule has 1 fully saturated rings. The van der Waals surface area contributed by atoms with Crippen LogP contribution in [0.15, 0.2) is 30.3 Å². The summed E-state index contributed by atoms with van der Waals surface area (Å²) in [6, 6.07) is 9.75. The van der Waals surface area contributed by atoms with E-state index in [0.717, 1.165) is 35.5 Å². The number of aryl methyl sites for hydroxylation is 1. The largest absolute Gasteiger partial charge is 0.497 e. The zero-order valence-electron chi connectivity index (χ0n) is 15.4. The second-order valence-corrected chi connectivity index (χ2v) is 6.59. The summed E-state index contributed by atoms with van der Waals surface area (Å²) in [5.41, 5.74) is 3.45. The first kappa shape index (κ1) is 18.0. The average molecular weight is 356 g/mol. The second kappa shape index (κ2) is 7.64. The van der Waals surface area contributed by atoms with E-state index in [-0.39, 0.29) is 12.5 Å². The highest BCUT2D eigenvalue weighted by atomic mass is 16.5. The summed E-state index contributed by atoms with van der Waals surface area (Å²) in [6.07, 6.45) is 2.30. The van der Waals surface area contributed by atoms with E-state index in [9.17, 15) is 9.59 Å². The zero-order valence-corrected chi connectivity index (χ0v) is 15.4. The van der Waals surface area contributed by atoms with Crippen LogP contribution < -0.4 is 10.1 Å². The molecule has 0 saturated heterocycles. The highest BCUT2D eigenvalue weighted by Crippen LogP contribution is 2.38. The average Bonchev–Trinajstić information content (AvgIpc) is 3.43. The van der Waals surface area contributed by atoms with Crippen molar-refractivity contribution < 1.29 is 19.1 Å². The van der Waals surface area contributed by atoms with Crippen LogP contribution in [-0.4, -0.2) is 30.2 Å². The molecule has 1 N–H and O–H groups in total. The molecular weight excluding hydrogens is 332 g/mol. The van der Waals surface area contributed by atoms with Gasteiger partial charge in [-0.1, -0.05) is 12.1 Å². The van der Waals surface area contributed by atoms with Crippen LogP contribution in [0, 0.1) is 13.8 Å². The minimum Gasteiger partial charge on any atom is -0.497 e. The van der Waals surface area contributed by atoms with Crippen LogP contribution in [0.25, 0.3) is 0 Å². The quantitative estimate of drug-likeness (QED) is 0.775. The number of aromatic nitrogens is 1. The number of hydrogen-bond donors (Lipinski definition) is 1. The highest BCUT2D eigenvalue weighted by Gasteiger charge is 2.28. The molecule has 6 heteroatoms. The third-order valence-electron chi connectivity index (χ3n) is 4.60. The van der Waals surface area contributed by atoms with Gasteiger partial charge < -0.3 is 19.4 Å². The van der Waals surface area contributed by atoms with Crippen LogP contribution in [0.1, 0.15) is 46.2 Å². The Morgan fingerprint density at radius 3 is 2.50 bits per heavy atom. The van der Waals surface area contributed by atoms with Gasteiger partial charge in [-0.3, -0.25) is 4.79 Å². The normalized spacial score (nSPS) is 13.3. The predicted octanol–water partition coefficient (Wildman–Crippen LogP) is 2.92. The van der Waals surface area contributed by atoms with Crippen molar-refractivity contribution >= 4 is 11.9 Å². The molecule has 0 atom stereocenters. The van der Waals surface area contributed by atoms with Crippen LogP contribution >= 0.6 is 0 Å². The molecule has 0 aliphatic heterocycles. The first-order chi connectivity index (χ1) is 12.5. The van der Waals surface area contributed by atoms with E-state index in [1.165, 1.54) is 0 Å². The molecule has 3 rings (SSSR count). The van der Waals surface area contributed by atoms with Gasteiger partial charge in [-0.05, 0) is 50.5 Å². The summed E-state index contributed by atoms with van der Waals surface area (Å²) in [7, 11) is 1.60. The van der Waals surface area contributed by atoms with Gasteiger partial charge >= 0.3 is 5.97 Å². The number of rotatable bonds is 7. The van der Waals surface area contributed by atoms with Gasteiger partial charge in [0.2, 0.25) is 0 Å². The van der Waals surface area contributed by atoms with E-state index >= 15 is 0 Å². The number of benzene rings is 1. The maximum atomic E-state index is 12.3. The van der Waals surface area contributed by atoms with Crippen molar-refractivity contribution in [3.8, 4) is 5.75 Å². The SMILES string of the molecule is COc1ccc(CNC(=O)COC(=O)c2cc(C)n(C3CC3)c2C)cc1. The van der Waals surface area contributed by atoms with Gasteiger partial charge in [-0.15, -0.1) is 0 Å². The van der Waals surface area contributed by atoms with Gasteiger partial charge in [0.25, 0.3) is 5.91 Å². The molecular formula is C20H24N2O4. The summed E-state index contributed by atoms with van der Waals surface area (Å²) in [5.74, 6) is -0.0208. The molecule has 138 valence electrons. The topological polar surface area (TPSA) is 69.6 Å². The molecule has 1 amide bonds. The van der Waals surface area contributed by atoms with E-state index in [0.29, 0.717) is 18.2 Å². The Hall–Kier alpha value is -2.76. The van der Waals surface area contributed by atoms with E-state index in [2.05, 4.69) is 9.88 Å². The lowest BCUT2D eigenvalue weighted by molar-refractivity contribution is -0.124. The second-order valence-electron chi connectivity index (χ2n) is 6.59. The van der Waals surface area contributed by atoms with Crippen LogP contribution in [0.5, 0.6) is 5.75 Å². The molecule has 2 aromatic rings. The van der Waals surface area contributed by atoms with E-state index in [1.54, 1.807) is 7.11 Å². The number of amides is 1. The number of nitrogens with one attached hydrogen (secondary N) is 1. The highest BCUT2D eigenvalue weighted by molar-refractivity contribution is 5.92. The maximum Gasteiger partial charge on any atom is 0.340 e.